The molecule has 0 saturated carbocycles. The largest absolute Gasteiger partial charge is 0.325 e. The van der Waals surface area contributed by atoms with Crippen molar-refractivity contribution < 1.29 is 9.72 Å². The highest BCUT2D eigenvalue weighted by Crippen LogP contribution is 2.26. The molecule has 0 fully saturated rings. The molecule has 0 spiro atoms. The second-order valence-electron chi connectivity index (χ2n) is 5.30. The number of rotatable bonds is 5. The van der Waals surface area contributed by atoms with Gasteiger partial charge in [-0.05, 0) is 23.8 Å². The molecule has 0 saturated heterocycles. The van der Waals surface area contributed by atoms with Crippen LogP contribution in [0, 0.1) is 10.1 Å². The Morgan fingerprint density at radius 3 is 2.52 bits per heavy atom. The summed E-state index contributed by atoms with van der Waals surface area (Å²) < 4.78 is 0. The number of hydrogen-bond donors (Lipinski definition) is 2. The molecule has 2 aromatic carbocycles. The normalized spacial score (nSPS) is 10.4. The van der Waals surface area contributed by atoms with Gasteiger partial charge in [0.15, 0.2) is 0 Å². The number of benzene rings is 2. The van der Waals surface area contributed by atoms with E-state index in [2.05, 4.69) is 20.8 Å². The lowest BCUT2D eigenvalue weighted by atomic mass is 10.1. The van der Waals surface area contributed by atoms with Gasteiger partial charge in [0.1, 0.15) is 5.01 Å². The fraction of sp³-hybridized carbons (Fsp3) is 0.0625. The van der Waals surface area contributed by atoms with E-state index in [0.717, 1.165) is 5.56 Å². The van der Waals surface area contributed by atoms with Crippen molar-refractivity contribution in [3.8, 4) is 0 Å². The van der Waals surface area contributed by atoms with E-state index in [-0.39, 0.29) is 5.69 Å². The van der Waals surface area contributed by atoms with Crippen molar-refractivity contribution in [2.24, 2.45) is 0 Å². The zero-order chi connectivity index (χ0) is 19.4. The van der Waals surface area contributed by atoms with E-state index < -0.39 is 11.0 Å². The minimum absolute atomic E-state index is 0.0240. The summed E-state index contributed by atoms with van der Waals surface area (Å²) in [6, 6.07) is 10.4. The molecule has 2 amide bonds. The first-order chi connectivity index (χ1) is 12.9. The van der Waals surface area contributed by atoms with Crippen LogP contribution in [0.2, 0.25) is 10.0 Å². The zero-order valence-corrected chi connectivity index (χ0v) is 15.8. The van der Waals surface area contributed by atoms with Crippen LogP contribution in [0.3, 0.4) is 0 Å². The van der Waals surface area contributed by atoms with E-state index in [4.69, 9.17) is 23.2 Å². The number of non-ortho nitro benzene ring substituents is 1. The molecule has 3 rings (SSSR count). The molecular weight excluding hydrogens is 413 g/mol. The molecule has 0 unspecified atom stereocenters. The predicted octanol–water partition coefficient (Wildman–Crippen LogP) is 4.99. The molecule has 2 N–H and O–H groups in total. The highest BCUT2D eigenvalue weighted by Gasteiger charge is 2.11. The summed E-state index contributed by atoms with van der Waals surface area (Å²) in [5.74, 6) is 0. The SMILES string of the molecule is O=C(Nc1nnc(Cc2ccc([N+](=O)[O-])cc2)s1)Nc1ccc(Cl)cc1Cl. The zero-order valence-electron chi connectivity index (χ0n) is 13.5. The van der Waals surface area contributed by atoms with Crippen LogP contribution in [0.15, 0.2) is 42.5 Å². The van der Waals surface area contributed by atoms with Crippen LogP contribution < -0.4 is 10.6 Å². The Labute approximate surface area is 167 Å². The first-order valence-electron chi connectivity index (χ1n) is 7.49. The highest BCUT2D eigenvalue weighted by molar-refractivity contribution is 7.15. The third-order valence-corrected chi connectivity index (χ3v) is 4.76. The van der Waals surface area contributed by atoms with Gasteiger partial charge >= 0.3 is 6.03 Å². The molecule has 1 aromatic heterocycles. The van der Waals surface area contributed by atoms with E-state index in [9.17, 15) is 14.9 Å². The highest BCUT2D eigenvalue weighted by atomic mass is 35.5. The van der Waals surface area contributed by atoms with Crippen molar-refractivity contribution in [1.29, 1.82) is 0 Å². The van der Waals surface area contributed by atoms with Crippen LogP contribution in [0.25, 0.3) is 0 Å². The van der Waals surface area contributed by atoms with Gasteiger partial charge in [0.25, 0.3) is 5.69 Å². The number of urea groups is 1. The molecule has 0 aliphatic rings. The van der Waals surface area contributed by atoms with Crippen molar-refractivity contribution in [3.05, 3.63) is 73.2 Å². The Kier molecular flexibility index (Phi) is 5.84. The molecule has 1 heterocycles. The van der Waals surface area contributed by atoms with Gasteiger partial charge in [0.05, 0.1) is 15.6 Å². The van der Waals surface area contributed by atoms with E-state index in [1.54, 1.807) is 24.3 Å². The third kappa shape index (κ3) is 5.13. The minimum Gasteiger partial charge on any atom is -0.306 e. The van der Waals surface area contributed by atoms with E-state index >= 15 is 0 Å². The van der Waals surface area contributed by atoms with Crippen molar-refractivity contribution in [2.45, 2.75) is 6.42 Å². The number of carbonyl (C=O) groups is 1. The fourth-order valence-electron chi connectivity index (χ4n) is 2.13. The third-order valence-electron chi connectivity index (χ3n) is 3.37. The molecule has 11 heteroatoms. The second-order valence-corrected chi connectivity index (χ2v) is 7.21. The number of hydrogen-bond acceptors (Lipinski definition) is 6. The first kappa shape index (κ1) is 19.0. The quantitative estimate of drug-likeness (QED) is 0.443. The fourth-order valence-corrected chi connectivity index (χ4v) is 3.35. The lowest BCUT2D eigenvalue weighted by molar-refractivity contribution is -0.384. The van der Waals surface area contributed by atoms with Crippen LogP contribution in [0.1, 0.15) is 10.6 Å². The number of aromatic nitrogens is 2. The van der Waals surface area contributed by atoms with Crippen LogP contribution in [0.5, 0.6) is 0 Å². The topological polar surface area (TPSA) is 110 Å². The molecule has 8 nitrogen and oxygen atoms in total. The number of carbonyl (C=O) groups excluding carboxylic acids is 1. The number of anilines is 2. The lowest BCUT2D eigenvalue weighted by Crippen LogP contribution is -2.19. The molecule has 27 heavy (non-hydrogen) atoms. The standard InChI is InChI=1S/C16H11Cl2N5O3S/c17-10-3-6-13(12(18)8-10)19-15(24)20-16-22-21-14(27-16)7-9-1-4-11(5-2-9)23(25)26/h1-6,8H,7H2,(H2,19,20,22,24). The van der Waals surface area contributed by atoms with Crippen LogP contribution >= 0.6 is 34.5 Å². The van der Waals surface area contributed by atoms with Crippen LogP contribution in [-0.2, 0) is 6.42 Å². The average Bonchev–Trinajstić information content (AvgIpc) is 3.04. The van der Waals surface area contributed by atoms with Gasteiger partial charge in [-0.25, -0.2) is 4.79 Å². The summed E-state index contributed by atoms with van der Waals surface area (Å²) in [6.07, 6.45) is 0.446. The molecule has 138 valence electrons. The molecule has 0 bridgehead atoms. The van der Waals surface area contributed by atoms with Crippen molar-refractivity contribution in [2.75, 3.05) is 10.6 Å². The summed E-state index contributed by atoms with van der Waals surface area (Å²) in [7, 11) is 0. The van der Waals surface area contributed by atoms with Crippen molar-refractivity contribution >= 4 is 57.1 Å². The van der Waals surface area contributed by atoms with Crippen LogP contribution in [0.4, 0.5) is 21.3 Å². The first-order valence-corrected chi connectivity index (χ1v) is 9.07. The second kappa shape index (κ2) is 8.30. The van der Waals surface area contributed by atoms with E-state index in [1.807, 2.05) is 0 Å². The average molecular weight is 424 g/mol. The Morgan fingerprint density at radius 2 is 1.85 bits per heavy atom. The summed E-state index contributed by atoms with van der Waals surface area (Å²) in [5, 5.41) is 25.5. The maximum atomic E-state index is 12.0. The monoisotopic (exact) mass is 423 g/mol. The molecule has 0 aliphatic heterocycles. The Bertz CT molecular complexity index is 994. The Hall–Kier alpha value is -2.75. The molecule has 3 aromatic rings. The van der Waals surface area contributed by atoms with Gasteiger partial charge in [-0.15, -0.1) is 10.2 Å². The Morgan fingerprint density at radius 1 is 1.11 bits per heavy atom. The van der Waals surface area contributed by atoms with E-state index in [1.165, 1.54) is 29.5 Å². The van der Waals surface area contributed by atoms with Gasteiger partial charge in [0.2, 0.25) is 5.13 Å². The molecular formula is C16H11Cl2N5O3S. The van der Waals surface area contributed by atoms with Crippen LogP contribution in [-0.4, -0.2) is 21.2 Å². The number of nitro benzene ring substituents is 1. The molecule has 0 radical (unpaired) electrons. The maximum Gasteiger partial charge on any atom is 0.325 e. The Balaban J connectivity index is 1.60. The van der Waals surface area contributed by atoms with Gasteiger partial charge < -0.3 is 5.32 Å². The number of nitrogens with zero attached hydrogens (tertiary/aromatic N) is 3. The smallest absolute Gasteiger partial charge is 0.306 e. The van der Waals surface area contributed by atoms with Gasteiger partial charge in [0, 0.05) is 23.6 Å². The predicted molar refractivity (Wildman–Crippen MR) is 105 cm³/mol. The van der Waals surface area contributed by atoms with Gasteiger partial charge in [-0.2, -0.15) is 0 Å². The van der Waals surface area contributed by atoms with E-state index in [0.29, 0.717) is 32.3 Å². The van der Waals surface area contributed by atoms with Crippen molar-refractivity contribution in [1.82, 2.24) is 10.2 Å². The number of nitro groups is 1. The lowest BCUT2D eigenvalue weighted by Gasteiger charge is -2.07. The summed E-state index contributed by atoms with van der Waals surface area (Å²) >= 11 is 13.0. The number of amides is 2. The van der Waals surface area contributed by atoms with Crippen molar-refractivity contribution in [3.63, 3.8) is 0 Å². The molecule has 0 atom stereocenters. The number of nitrogens with one attached hydrogen (secondary N) is 2. The summed E-state index contributed by atoms with van der Waals surface area (Å²) in [4.78, 5) is 22.3. The van der Waals surface area contributed by atoms with Gasteiger partial charge in [-0.3, -0.25) is 15.4 Å². The summed E-state index contributed by atoms with van der Waals surface area (Å²) in [5.41, 5.74) is 1.28. The van der Waals surface area contributed by atoms with Gasteiger partial charge in [-0.1, -0.05) is 46.7 Å². The molecule has 0 aliphatic carbocycles. The number of halogens is 2. The minimum atomic E-state index is -0.516. The summed E-state index contributed by atoms with van der Waals surface area (Å²) in [6.45, 7) is 0. The maximum absolute atomic E-state index is 12.0.